The third kappa shape index (κ3) is 3.79. The molecule has 3 saturated heterocycles. The Hall–Kier alpha value is -0.900. The molecule has 0 aromatic heterocycles. The Morgan fingerprint density at radius 2 is 1.83 bits per heavy atom. The maximum Gasteiger partial charge on any atom is 0.0699 e. The van der Waals surface area contributed by atoms with Gasteiger partial charge in [0.1, 0.15) is 0 Å². The van der Waals surface area contributed by atoms with Gasteiger partial charge in [-0.25, -0.2) is 0 Å². The van der Waals surface area contributed by atoms with Crippen molar-refractivity contribution in [2.75, 3.05) is 32.9 Å². The average Bonchev–Trinajstić information content (AvgIpc) is 3.38. The van der Waals surface area contributed by atoms with Gasteiger partial charge in [0, 0.05) is 19.3 Å². The minimum absolute atomic E-state index is 0.281. The molecular weight excluding hydrogens is 358 g/mol. The second kappa shape index (κ2) is 7.98. The van der Waals surface area contributed by atoms with Gasteiger partial charge in [-0.1, -0.05) is 6.07 Å². The second-order valence-corrected chi connectivity index (χ2v) is 10.5. The molecule has 5 rings (SSSR count). The van der Waals surface area contributed by atoms with E-state index in [1.807, 2.05) is 0 Å². The van der Waals surface area contributed by atoms with Gasteiger partial charge in [-0.05, 0) is 125 Å². The minimum Gasteiger partial charge on any atom is -0.381 e. The van der Waals surface area contributed by atoms with Crippen LogP contribution in [0.15, 0.2) is 6.07 Å². The number of hydrogen-bond acceptors (Lipinski definition) is 3. The van der Waals surface area contributed by atoms with E-state index in [4.69, 9.17) is 9.47 Å². The number of nitrogens with zero attached hydrogens (tertiary/aromatic N) is 1. The molecule has 1 aromatic carbocycles. The fourth-order valence-electron chi connectivity index (χ4n) is 6.39. The topological polar surface area (TPSA) is 21.7 Å². The Morgan fingerprint density at radius 1 is 1.03 bits per heavy atom. The van der Waals surface area contributed by atoms with E-state index in [9.17, 15) is 0 Å². The molecule has 3 heterocycles. The van der Waals surface area contributed by atoms with Crippen molar-refractivity contribution in [3.05, 3.63) is 33.9 Å². The first-order valence-corrected chi connectivity index (χ1v) is 12.1. The molecular formula is C26H39NO2. The van der Waals surface area contributed by atoms with Gasteiger partial charge in [0.25, 0.3) is 0 Å². The van der Waals surface area contributed by atoms with Gasteiger partial charge in [-0.3, -0.25) is 4.90 Å². The van der Waals surface area contributed by atoms with Crippen LogP contribution in [0, 0.1) is 26.7 Å². The molecule has 4 fully saturated rings. The van der Waals surface area contributed by atoms with E-state index in [-0.39, 0.29) is 5.60 Å². The zero-order valence-corrected chi connectivity index (χ0v) is 18.8. The van der Waals surface area contributed by atoms with Crippen molar-refractivity contribution in [1.29, 1.82) is 0 Å². The molecule has 0 radical (unpaired) electrons. The van der Waals surface area contributed by atoms with Crippen molar-refractivity contribution in [2.45, 2.75) is 89.7 Å². The molecule has 1 aliphatic carbocycles. The fraction of sp³-hybridized carbons (Fsp3) is 0.769. The highest BCUT2D eigenvalue weighted by Gasteiger charge is 2.46. The lowest BCUT2D eigenvalue weighted by Crippen LogP contribution is -2.43. The van der Waals surface area contributed by atoms with Crippen LogP contribution in [0.5, 0.6) is 0 Å². The van der Waals surface area contributed by atoms with E-state index in [0.29, 0.717) is 12.0 Å². The Balaban J connectivity index is 1.29. The zero-order valence-electron chi connectivity index (χ0n) is 18.8. The smallest absolute Gasteiger partial charge is 0.0699 e. The molecule has 0 bridgehead atoms. The summed E-state index contributed by atoms with van der Waals surface area (Å²) in [5, 5.41) is 0. The van der Waals surface area contributed by atoms with Gasteiger partial charge in [0.05, 0.1) is 12.2 Å². The minimum atomic E-state index is 0.281. The second-order valence-electron chi connectivity index (χ2n) is 10.5. The lowest BCUT2D eigenvalue weighted by atomic mass is 9.76. The third-order valence-electron chi connectivity index (χ3n) is 8.78. The number of aryl methyl sites for hydroxylation is 1. The van der Waals surface area contributed by atoms with Gasteiger partial charge < -0.3 is 9.47 Å². The standard InChI is InChI=1S/C26H39NO2/c1-18-13-25(24(20(3)19(18)2)14-21-7-12-28-16-21)22-5-10-27(11-6-22)23-15-26(29-17-23)8-4-9-26/h13,21-23H,4-12,14-17H2,1-3H3/t21?,23-/m0/s1. The lowest BCUT2D eigenvalue weighted by Gasteiger charge is -2.39. The highest BCUT2D eigenvalue weighted by molar-refractivity contribution is 5.46. The van der Waals surface area contributed by atoms with Crippen molar-refractivity contribution in [2.24, 2.45) is 5.92 Å². The van der Waals surface area contributed by atoms with Crippen molar-refractivity contribution in [3.63, 3.8) is 0 Å². The van der Waals surface area contributed by atoms with Crippen molar-refractivity contribution in [1.82, 2.24) is 4.90 Å². The molecule has 4 aliphatic rings. The maximum absolute atomic E-state index is 6.24. The number of likely N-dealkylation sites (tertiary alicyclic amines) is 1. The summed E-state index contributed by atoms with van der Waals surface area (Å²) in [5.74, 6) is 1.44. The zero-order chi connectivity index (χ0) is 20.0. The van der Waals surface area contributed by atoms with E-state index >= 15 is 0 Å². The predicted molar refractivity (Wildman–Crippen MR) is 118 cm³/mol. The Labute approximate surface area is 177 Å². The van der Waals surface area contributed by atoms with Gasteiger partial charge >= 0.3 is 0 Å². The van der Waals surface area contributed by atoms with E-state index in [1.165, 1.54) is 75.6 Å². The maximum atomic E-state index is 6.24. The Kier molecular flexibility index (Phi) is 5.51. The number of hydrogen-bond donors (Lipinski definition) is 0. The summed E-state index contributed by atoms with van der Waals surface area (Å²) in [6.07, 6.45) is 10.3. The summed E-state index contributed by atoms with van der Waals surface area (Å²) in [6.45, 7) is 12.3. The van der Waals surface area contributed by atoms with Crippen LogP contribution in [0.3, 0.4) is 0 Å². The molecule has 3 nitrogen and oxygen atoms in total. The molecule has 3 heteroatoms. The van der Waals surface area contributed by atoms with Gasteiger partial charge in [0.2, 0.25) is 0 Å². The Morgan fingerprint density at radius 3 is 2.45 bits per heavy atom. The first-order valence-electron chi connectivity index (χ1n) is 12.1. The number of benzene rings is 1. The number of rotatable bonds is 4. The van der Waals surface area contributed by atoms with Crippen molar-refractivity contribution in [3.8, 4) is 0 Å². The predicted octanol–water partition coefficient (Wildman–Crippen LogP) is 5.08. The normalized spacial score (nSPS) is 30.2. The molecule has 1 saturated carbocycles. The highest BCUT2D eigenvalue weighted by atomic mass is 16.5. The summed E-state index contributed by atoms with van der Waals surface area (Å²) >= 11 is 0. The summed E-state index contributed by atoms with van der Waals surface area (Å²) < 4.78 is 11.9. The van der Waals surface area contributed by atoms with Crippen LogP contribution in [0.2, 0.25) is 0 Å². The largest absolute Gasteiger partial charge is 0.381 e. The van der Waals surface area contributed by atoms with Crippen LogP contribution < -0.4 is 0 Å². The van der Waals surface area contributed by atoms with E-state index in [2.05, 4.69) is 31.7 Å². The Bertz CT molecular complexity index is 740. The van der Waals surface area contributed by atoms with Crippen molar-refractivity contribution < 1.29 is 9.47 Å². The van der Waals surface area contributed by atoms with Crippen molar-refractivity contribution >= 4 is 0 Å². The fourth-order valence-corrected chi connectivity index (χ4v) is 6.39. The van der Waals surface area contributed by atoms with E-state index in [0.717, 1.165) is 25.7 Å². The van der Waals surface area contributed by atoms with E-state index in [1.54, 1.807) is 16.7 Å². The van der Waals surface area contributed by atoms with Crippen LogP contribution in [-0.4, -0.2) is 49.5 Å². The first-order chi connectivity index (χ1) is 14.0. The third-order valence-corrected chi connectivity index (χ3v) is 8.78. The molecule has 3 aliphatic heterocycles. The molecule has 2 atom stereocenters. The van der Waals surface area contributed by atoms with Crippen LogP contribution in [0.25, 0.3) is 0 Å². The summed E-state index contributed by atoms with van der Waals surface area (Å²) in [5.41, 5.74) is 8.11. The van der Waals surface area contributed by atoms with Crippen LogP contribution >= 0.6 is 0 Å². The molecule has 0 N–H and O–H groups in total. The highest BCUT2D eigenvalue weighted by Crippen LogP contribution is 2.45. The van der Waals surface area contributed by atoms with E-state index < -0.39 is 0 Å². The van der Waals surface area contributed by atoms with Gasteiger partial charge in [0.15, 0.2) is 0 Å². The molecule has 0 amide bonds. The molecule has 1 spiro atoms. The number of ether oxygens (including phenoxy) is 2. The summed E-state index contributed by atoms with van der Waals surface area (Å²) in [7, 11) is 0. The monoisotopic (exact) mass is 397 g/mol. The summed E-state index contributed by atoms with van der Waals surface area (Å²) in [6, 6.07) is 3.21. The van der Waals surface area contributed by atoms with Gasteiger partial charge in [-0.2, -0.15) is 0 Å². The summed E-state index contributed by atoms with van der Waals surface area (Å²) in [4.78, 5) is 2.75. The molecule has 1 unspecified atom stereocenters. The average molecular weight is 398 g/mol. The molecule has 160 valence electrons. The number of piperidine rings is 1. The van der Waals surface area contributed by atoms with Crippen LogP contribution in [0.1, 0.15) is 78.7 Å². The van der Waals surface area contributed by atoms with Crippen LogP contribution in [-0.2, 0) is 15.9 Å². The molecule has 29 heavy (non-hydrogen) atoms. The first kappa shape index (κ1) is 20.0. The SMILES string of the molecule is Cc1cc(C2CCN([C@@H]3COC4(CCC4)C3)CC2)c(CC2CCOC2)c(C)c1C. The van der Waals surface area contributed by atoms with Crippen LogP contribution in [0.4, 0.5) is 0 Å². The quantitative estimate of drug-likeness (QED) is 0.707. The van der Waals surface area contributed by atoms with Gasteiger partial charge in [-0.15, -0.1) is 0 Å². The molecule has 1 aromatic rings. The lowest BCUT2D eigenvalue weighted by molar-refractivity contribution is -0.0567.